The maximum atomic E-state index is 14.2. The molecule has 0 bridgehead atoms. The molecule has 2 aliphatic rings. The standard InChI is InChI=1S/C31H36N4O4S/c1-19-26(40-18-33-19)21-12-10-20(11-13-21)15-32-28(36)25-14-23(39-5)17-34(25)30(38)27(31(2,3)4)35-16-22-8-6-7-9-24(22)29(35)37/h6-13,18,23,25,27H,14-17H2,1-5H3,(H,32,36)/p-1/t23-,25+,27-/m1/s1. The summed E-state index contributed by atoms with van der Waals surface area (Å²) in [6, 6.07) is 13.9. The molecule has 40 heavy (non-hydrogen) atoms. The van der Waals surface area contributed by atoms with Gasteiger partial charge in [-0.1, -0.05) is 63.2 Å². The average Bonchev–Trinajstić information content (AvgIpc) is 3.64. The van der Waals surface area contributed by atoms with E-state index in [1.54, 1.807) is 34.3 Å². The number of benzene rings is 2. The second-order valence-corrected chi connectivity index (χ2v) is 12.4. The number of fused-ring (bicyclic) bond motifs is 1. The molecule has 210 valence electrons. The summed E-state index contributed by atoms with van der Waals surface area (Å²) in [4.78, 5) is 40.6. The number of likely N-dealkylation sites (tertiary alicyclic amines) is 1. The van der Waals surface area contributed by atoms with Crippen molar-refractivity contribution in [1.29, 1.82) is 0 Å². The van der Waals surface area contributed by atoms with Crippen molar-refractivity contribution in [1.82, 2.24) is 14.8 Å². The van der Waals surface area contributed by atoms with Gasteiger partial charge >= 0.3 is 0 Å². The Hall–Kier alpha value is -3.56. The van der Waals surface area contributed by atoms with Gasteiger partial charge in [-0.05, 0) is 41.0 Å². The predicted octanol–water partition coefficient (Wildman–Crippen LogP) is 4.06. The largest absolute Gasteiger partial charge is 0.861 e. The highest BCUT2D eigenvalue weighted by atomic mass is 32.1. The lowest BCUT2D eigenvalue weighted by Crippen LogP contribution is -2.57. The predicted molar refractivity (Wildman–Crippen MR) is 154 cm³/mol. The normalized spacial score (nSPS) is 20.2. The molecule has 2 aromatic carbocycles. The van der Waals surface area contributed by atoms with E-state index >= 15 is 0 Å². The first-order valence-corrected chi connectivity index (χ1v) is 14.4. The number of carbonyl (C=O) groups is 2. The van der Waals surface area contributed by atoms with Crippen molar-refractivity contribution in [3.05, 3.63) is 76.4 Å². The topological polar surface area (TPSA) is 98.2 Å². The van der Waals surface area contributed by atoms with Gasteiger partial charge in [0.05, 0.1) is 34.8 Å². The Balaban J connectivity index is 1.36. The van der Waals surface area contributed by atoms with Crippen LogP contribution in [0.4, 0.5) is 0 Å². The third-order valence-electron chi connectivity index (χ3n) is 7.76. The summed E-state index contributed by atoms with van der Waals surface area (Å²) < 4.78 is 5.58. The molecule has 1 fully saturated rings. The van der Waals surface area contributed by atoms with Crippen LogP contribution >= 0.6 is 11.3 Å². The van der Waals surface area contributed by atoms with E-state index in [4.69, 9.17) is 4.74 Å². The fraction of sp³-hybridized carbons (Fsp3) is 0.419. The monoisotopic (exact) mass is 559 g/mol. The third-order valence-corrected chi connectivity index (χ3v) is 8.74. The molecular formula is C31H35N4O4S-. The molecule has 0 unspecified atom stereocenters. The number of thiazole rings is 1. The second-order valence-electron chi connectivity index (χ2n) is 11.6. The number of aryl methyl sites for hydroxylation is 1. The Morgan fingerprint density at radius 3 is 2.55 bits per heavy atom. The van der Waals surface area contributed by atoms with Gasteiger partial charge in [-0.3, -0.25) is 14.6 Å². The van der Waals surface area contributed by atoms with E-state index in [0.717, 1.165) is 27.3 Å². The Bertz CT molecular complexity index is 1430. The quantitative estimate of drug-likeness (QED) is 0.321. The van der Waals surface area contributed by atoms with Gasteiger partial charge in [0, 0.05) is 32.2 Å². The van der Waals surface area contributed by atoms with Crippen LogP contribution < -0.4 is 5.11 Å². The number of aromatic nitrogens is 1. The van der Waals surface area contributed by atoms with Crippen LogP contribution in [0.3, 0.4) is 0 Å². The fourth-order valence-electron chi connectivity index (χ4n) is 5.67. The number of ether oxygens (including phenoxy) is 1. The van der Waals surface area contributed by atoms with Crippen LogP contribution in [0.2, 0.25) is 0 Å². The molecule has 3 aromatic rings. The molecule has 3 heterocycles. The highest BCUT2D eigenvalue weighted by molar-refractivity contribution is 7.13. The molecule has 1 aromatic heterocycles. The summed E-state index contributed by atoms with van der Waals surface area (Å²) >= 11 is 1.60. The molecule has 0 spiro atoms. The van der Waals surface area contributed by atoms with E-state index in [2.05, 4.69) is 9.98 Å². The van der Waals surface area contributed by atoms with Crippen LogP contribution in [-0.4, -0.2) is 64.3 Å². The SMILES string of the molecule is CO[C@@H]1C[C@@H](C([O-])=NCc2ccc(-c3scnc3C)cc2)N(C(=O)[C@@H](N2Cc3ccccc3C2=O)C(C)(C)C)C1. The van der Waals surface area contributed by atoms with Crippen molar-refractivity contribution in [2.45, 2.75) is 65.4 Å². The summed E-state index contributed by atoms with van der Waals surface area (Å²) in [6.45, 7) is 8.71. The van der Waals surface area contributed by atoms with E-state index in [1.165, 1.54) is 0 Å². The number of amides is 2. The van der Waals surface area contributed by atoms with Gasteiger partial charge in [0.25, 0.3) is 5.91 Å². The molecule has 8 nitrogen and oxygen atoms in total. The first-order chi connectivity index (χ1) is 19.1. The van der Waals surface area contributed by atoms with E-state index in [-0.39, 0.29) is 36.9 Å². The summed E-state index contributed by atoms with van der Waals surface area (Å²) in [5, 5.41) is 13.4. The lowest BCUT2D eigenvalue weighted by atomic mass is 9.84. The molecule has 9 heteroatoms. The van der Waals surface area contributed by atoms with Crippen molar-refractivity contribution < 1.29 is 19.4 Å². The van der Waals surface area contributed by atoms with Gasteiger partial charge in [0.15, 0.2) is 0 Å². The Labute approximate surface area is 239 Å². The lowest BCUT2D eigenvalue weighted by Gasteiger charge is -2.41. The molecule has 3 atom stereocenters. The van der Waals surface area contributed by atoms with Crippen molar-refractivity contribution in [2.24, 2.45) is 10.4 Å². The van der Waals surface area contributed by atoms with Crippen molar-refractivity contribution >= 4 is 29.0 Å². The van der Waals surface area contributed by atoms with Crippen LogP contribution in [0.1, 0.15) is 54.4 Å². The first-order valence-electron chi connectivity index (χ1n) is 13.5. The van der Waals surface area contributed by atoms with Crippen LogP contribution in [0.25, 0.3) is 10.4 Å². The van der Waals surface area contributed by atoms with Crippen molar-refractivity contribution in [3.63, 3.8) is 0 Å². The van der Waals surface area contributed by atoms with Gasteiger partial charge in [-0.2, -0.15) is 0 Å². The number of nitrogens with zero attached hydrogens (tertiary/aromatic N) is 4. The molecule has 1 saturated heterocycles. The smallest absolute Gasteiger partial charge is 0.255 e. The minimum atomic E-state index is -0.735. The zero-order valence-electron chi connectivity index (χ0n) is 23.6. The van der Waals surface area contributed by atoms with Gasteiger partial charge in [-0.25, -0.2) is 4.98 Å². The van der Waals surface area contributed by atoms with Gasteiger partial charge < -0.3 is 19.6 Å². The molecule has 5 rings (SSSR count). The highest BCUT2D eigenvalue weighted by Gasteiger charge is 2.47. The minimum absolute atomic E-state index is 0.157. The van der Waals surface area contributed by atoms with Crippen molar-refractivity contribution in [2.75, 3.05) is 13.7 Å². The molecule has 0 radical (unpaired) electrons. The minimum Gasteiger partial charge on any atom is -0.861 e. The van der Waals surface area contributed by atoms with E-state index in [9.17, 15) is 14.7 Å². The molecule has 2 aliphatic heterocycles. The van der Waals surface area contributed by atoms with Crippen molar-refractivity contribution in [3.8, 4) is 10.4 Å². The molecular weight excluding hydrogens is 524 g/mol. The van der Waals surface area contributed by atoms with Crippen LogP contribution in [-0.2, 0) is 22.6 Å². The first kappa shape index (κ1) is 28.0. The molecule has 0 saturated carbocycles. The van der Waals surface area contributed by atoms with E-state index < -0.39 is 17.5 Å². The number of hydrogen-bond acceptors (Lipinski definition) is 7. The molecule has 0 N–H and O–H groups in total. The summed E-state index contributed by atoms with van der Waals surface area (Å²) in [5.74, 6) is -0.749. The summed E-state index contributed by atoms with van der Waals surface area (Å²) in [5.41, 5.74) is 5.79. The zero-order chi connectivity index (χ0) is 28.6. The number of rotatable bonds is 7. The number of carbonyl (C=O) groups excluding carboxylic acids is 2. The van der Waals surface area contributed by atoms with Crippen LogP contribution in [0.15, 0.2) is 59.0 Å². The number of methoxy groups -OCH3 is 1. The zero-order valence-corrected chi connectivity index (χ0v) is 24.4. The van der Waals surface area contributed by atoms with Gasteiger partial charge in [0.2, 0.25) is 5.91 Å². The summed E-state index contributed by atoms with van der Waals surface area (Å²) in [7, 11) is 1.59. The van der Waals surface area contributed by atoms with Gasteiger partial charge in [0.1, 0.15) is 6.04 Å². The van der Waals surface area contributed by atoms with E-state index in [0.29, 0.717) is 18.5 Å². The maximum Gasteiger partial charge on any atom is 0.255 e. The van der Waals surface area contributed by atoms with Crippen LogP contribution in [0, 0.1) is 12.3 Å². The second kappa shape index (κ2) is 11.1. The number of hydrogen-bond donors (Lipinski definition) is 0. The Kier molecular flexibility index (Phi) is 7.79. The maximum absolute atomic E-state index is 14.2. The number of aliphatic imine (C=N–C) groups is 1. The fourth-order valence-corrected chi connectivity index (χ4v) is 6.49. The molecule has 0 aliphatic carbocycles. The average molecular weight is 560 g/mol. The van der Waals surface area contributed by atoms with Gasteiger partial charge in [-0.15, -0.1) is 11.3 Å². The highest BCUT2D eigenvalue weighted by Crippen LogP contribution is 2.35. The Morgan fingerprint density at radius 1 is 1.20 bits per heavy atom. The van der Waals surface area contributed by atoms with Crippen LogP contribution in [0.5, 0.6) is 0 Å². The van der Waals surface area contributed by atoms with E-state index in [1.807, 2.05) is 75.7 Å². The summed E-state index contributed by atoms with van der Waals surface area (Å²) in [6.07, 6.45) is 0.0984. The lowest BCUT2D eigenvalue weighted by molar-refractivity contribution is -0.224. The Morgan fingerprint density at radius 2 is 1.93 bits per heavy atom. The third kappa shape index (κ3) is 5.40. The molecule has 2 amide bonds.